The third-order valence-electron chi connectivity index (χ3n) is 7.44. The van der Waals surface area contributed by atoms with Gasteiger partial charge in [-0.15, -0.1) is 21.5 Å². The monoisotopic (exact) mass is 491 g/mol. The van der Waals surface area contributed by atoms with Crippen LogP contribution in [-0.2, 0) is 0 Å². The smallest absolute Gasteiger partial charge is 0.169 e. The topological polar surface area (TPSA) is 30.2 Å². The molecule has 3 nitrogen and oxygen atoms in total. The Hall–Kier alpha value is -4.54. The van der Waals surface area contributed by atoms with Crippen LogP contribution in [-0.4, -0.2) is 14.6 Å². The number of para-hydroxylation sites is 1. The molecule has 0 N–H and O–H groups in total. The van der Waals surface area contributed by atoms with Gasteiger partial charge in [-0.3, -0.25) is 4.40 Å². The summed E-state index contributed by atoms with van der Waals surface area (Å²) in [5, 5.41) is 15.5. The molecule has 5 aromatic carbocycles. The Morgan fingerprint density at radius 2 is 1.19 bits per heavy atom. The number of fused-ring (bicyclic) bond motifs is 9. The number of hydrogen-bond acceptors (Lipinski definition) is 3. The normalized spacial score (nSPS) is 11.9. The van der Waals surface area contributed by atoms with Crippen molar-refractivity contribution >= 4 is 58.8 Å². The predicted molar refractivity (Wildman–Crippen MR) is 156 cm³/mol. The number of rotatable bonds is 2. The number of hydrogen-bond donors (Lipinski definition) is 0. The summed E-state index contributed by atoms with van der Waals surface area (Å²) >= 11 is 1.89. The van der Waals surface area contributed by atoms with Crippen LogP contribution in [0, 0.1) is 6.92 Å². The molecule has 4 heteroatoms. The second kappa shape index (κ2) is 7.73. The summed E-state index contributed by atoms with van der Waals surface area (Å²) in [6.45, 7) is 2.20. The molecule has 0 radical (unpaired) electrons. The molecule has 0 saturated carbocycles. The number of aromatic nitrogens is 3. The largest absolute Gasteiger partial charge is 0.274 e. The number of pyridine rings is 1. The lowest BCUT2D eigenvalue weighted by molar-refractivity contribution is 1.12. The third kappa shape index (κ3) is 2.93. The van der Waals surface area contributed by atoms with Gasteiger partial charge in [-0.1, -0.05) is 103 Å². The summed E-state index contributed by atoms with van der Waals surface area (Å²) in [7, 11) is 0. The molecule has 0 atom stereocenters. The van der Waals surface area contributed by atoms with Gasteiger partial charge in [0.25, 0.3) is 0 Å². The van der Waals surface area contributed by atoms with E-state index in [9.17, 15) is 0 Å². The molecule has 0 amide bonds. The first-order valence-electron chi connectivity index (χ1n) is 12.4. The lowest BCUT2D eigenvalue weighted by atomic mass is 10.0. The molecule has 8 rings (SSSR count). The Morgan fingerprint density at radius 3 is 2.03 bits per heavy atom. The van der Waals surface area contributed by atoms with E-state index in [1.165, 1.54) is 47.6 Å². The van der Waals surface area contributed by atoms with Gasteiger partial charge in [0.15, 0.2) is 11.5 Å². The summed E-state index contributed by atoms with van der Waals surface area (Å²) in [5.74, 6) is 0.860. The predicted octanol–water partition coefficient (Wildman–Crippen LogP) is 9.05. The molecule has 3 aromatic heterocycles. The van der Waals surface area contributed by atoms with E-state index in [1.54, 1.807) is 0 Å². The standard InChI is InChI=1S/C33H21N3S/c1-20-8-6-13-26-27-14-7-12-23(31(27)37-30(20)26)21-16-18-22(19-17-21)32-34-35-33-28-11-3-2-9-24(28)25-10-4-5-15-29(25)36(32)33/h2-19H,1H3. The van der Waals surface area contributed by atoms with Crippen molar-refractivity contribution < 1.29 is 0 Å². The van der Waals surface area contributed by atoms with E-state index in [1.807, 2.05) is 11.3 Å². The van der Waals surface area contributed by atoms with Crippen LogP contribution in [0.1, 0.15) is 5.56 Å². The fraction of sp³-hybridized carbons (Fsp3) is 0.0303. The third-order valence-corrected chi connectivity index (χ3v) is 8.83. The quantitative estimate of drug-likeness (QED) is 0.226. The van der Waals surface area contributed by atoms with Crippen LogP contribution in [0.15, 0.2) is 109 Å². The maximum Gasteiger partial charge on any atom is 0.169 e. The van der Waals surface area contributed by atoms with E-state index >= 15 is 0 Å². The van der Waals surface area contributed by atoms with Crippen molar-refractivity contribution in [1.29, 1.82) is 0 Å². The van der Waals surface area contributed by atoms with Crippen molar-refractivity contribution in [2.24, 2.45) is 0 Å². The SMILES string of the molecule is Cc1cccc2c1sc1c(-c3ccc(-c4nnc5c6ccccc6c6ccccc6n45)cc3)cccc12. The summed E-state index contributed by atoms with van der Waals surface area (Å²) < 4.78 is 4.91. The minimum Gasteiger partial charge on any atom is -0.274 e. The summed E-state index contributed by atoms with van der Waals surface area (Å²) in [6, 6.07) is 38.9. The molecule has 0 bridgehead atoms. The Labute approximate surface area is 217 Å². The van der Waals surface area contributed by atoms with Crippen molar-refractivity contribution in [3.05, 3.63) is 115 Å². The van der Waals surface area contributed by atoms with Gasteiger partial charge in [0.05, 0.1) is 5.52 Å². The molecule has 174 valence electrons. The number of nitrogens with zero attached hydrogens (tertiary/aromatic N) is 3. The first kappa shape index (κ1) is 20.6. The molecule has 0 aliphatic heterocycles. The molecule has 0 fully saturated rings. The van der Waals surface area contributed by atoms with E-state index in [0.29, 0.717) is 0 Å². The van der Waals surface area contributed by atoms with Crippen molar-refractivity contribution in [3.63, 3.8) is 0 Å². The molecule has 8 aromatic rings. The van der Waals surface area contributed by atoms with E-state index < -0.39 is 0 Å². The maximum atomic E-state index is 4.67. The van der Waals surface area contributed by atoms with Crippen molar-refractivity contribution in [2.45, 2.75) is 6.92 Å². The van der Waals surface area contributed by atoms with Crippen LogP contribution in [0.25, 0.3) is 70.0 Å². The minimum atomic E-state index is 0.860. The maximum absolute atomic E-state index is 4.67. The van der Waals surface area contributed by atoms with E-state index in [2.05, 4.69) is 131 Å². The highest BCUT2D eigenvalue weighted by molar-refractivity contribution is 7.26. The van der Waals surface area contributed by atoms with Crippen molar-refractivity contribution in [2.75, 3.05) is 0 Å². The fourth-order valence-electron chi connectivity index (χ4n) is 5.67. The van der Waals surface area contributed by atoms with E-state index in [-0.39, 0.29) is 0 Å². The molecular formula is C33H21N3S. The van der Waals surface area contributed by atoms with Crippen LogP contribution in [0.4, 0.5) is 0 Å². The first-order valence-corrected chi connectivity index (χ1v) is 13.3. The Balaban J connectivity index is 1.32. The minimum absolute atomic E-state index is 0.860. The number of thiophene rings is 1. The van der Waals surface area contributed by atoms with Crippen LogP contribution in [0.5, 0.6) is 0 Å². The highest BCUT2D eigenvalue weighted by atomic mass is 32.1. The van der Waals surface area contributed by atoms with Gasteiger partial charge in [-0.2, -0.15) is 0 Å². The molecule has 0 saturated heterocycles. The fourth-order valence-corrected chi connectivity index (χ4v) is 6.98. The van der Waals surface area contributed by atoms with Crippen LogP contribution < -0.4 is 0 Å². The zero-order valence-corrected chi connectivity index (χ0v) is 21.0. The Bertz CT molecular complexity index is 2150. The van der Waals surface area contributed by atoms with Crippen LogP contribution >= 0.6 is 11.3 Å². The molecule has 37 heavy (non-hydrogen) atoms. The van der Waals surface area contributed by atoms with E-state index in [0.717, 1.165) is 27.9 Å². The lowest BCUT2D eigenvalue weighted by Gasteiger charge is -2.10. The average Bonchev–Trinajstić information content (AvgIpc) is 3.57. The zero-order chi connectivity index (χ0) is 24.5. The van der Waals surface area contributed by atoms with Gasteiger partial charge in [0.1, 0.15) is 0 Å². The second-order valence-corrected chi connectivity index (χ2v) is 10.6. The summed E-state index contributed by atoms with van der Waals surface area (Å²) in [5.41, 5.74) is 6.87. The Morgan fingerprint density at radius 1 is 0.541 bits per heavy atom. The summed E-state index contributed by atoms with van der Waals surface area (Å²) in [4.78, 5) is 0. The first-order chi connectivity index (χ1) is 18.3. The Kier molecular flexibility index (Phi) is 4.31. The van der Waals surface area contributed by atoms with Gasteiger partial charge in [0, 0.05) is 36.5 Å². The van der Waals surface area contributed by atoms with Gasteiger partial charge in [-0.05, 0) is 35.1 Å². The molecule has 0 aliphatic carbocycles. The number of benzene rings is 5. The molecule has 3 heterocycles. The van der Waals surface area contributed by atoms with Gasteiger partial charge >= 0.3 is 0 Å². The van der Waals surface area contributed by atoms with Crippen LogP contribution in [0.2, 0.25) is 0 Å². The molecule has 0 spiro atoms. The van der Waals surface area contributed by atoms with Crippen molar-refractivity contribution in [3.8, 4) is 22.5 Å². The zero-order valence-electron chi connectivity index (χ0n) is 20.1. The average molecular weight is 492 g/mol. The molecular weight excluding hydrogens is 470 g/mol. The van der Waals surface area contributed by atoms with Gasteiger partial charge in [-0.25, -0.2) is 0 Å². The number of aryl methyl sites for hydroxylation is 1. The van der Waals surface area contributed by atoms with Gasteiger partial charge < -0.3 is 0 Å². The highest BCUT2D eigenvalue weighted by Crippen LogP contribution is 2.41. The second-order valence-electron chi connectivity index (χ2n) is 9.56. The van der Waals surface area contributed by atoms with E-state index in [4.69, 9.17) is 0 Å². The molecule has 0 aliphatic rings. The summed E-state index contributed by atoms with van der Waals surface area (Å²) in [6.07, 6.45) is 0. The molecule has 0 unspecified atom stereocenters. The van der Waals surface area contributed by atoms with Gasteiger partial charge in [0.2, 0.25) is 0 Å². The lowest BCUT2D eigenvalue weighted by Crippen LogP contribution is -1.94. The highest BCUT2D eigenvalue weighted by Gasteiger charge is 2.16. The van der Waals surface area contributed by atoms with Crippen molar-refractivity contribution in [1.82, 2.24) is 14.6 Å². The van der Waals surface area contributed by atoms with Crippen LogP contribution in [0.3, 0.4) is 0 Å².